The summed E-state index contributed by atoms with van der Waals surface area (Å²) in [5, 5.41) is 7.08. The van der Waals surface area contributed by atoms with Crippen LogP contribution >= 0.6 is 0 Å². The average molecular weight is 337 g/mol. The molecule has 1 N–H and O–H groups in total. The van der Waals surface area contributed by atoms with E-state index in [-0.39, 0.29) is 18.3 Å². The summed E-state index contributed by atoms with van der Waals surface area (Å²) in [6.07, 6.45) is 4.65. The molecular formula is C18H16FN5O. The number of amides is 1. The van der Waals surface area contributed by atoms with Crippen molar-refractivity contribution < 1.29 is 9.18 Å². The highest BCUT2D eigenvalue weighted by atomic mass is 19.1. The van der Waals surface area contributed by atoms with Crippen LogP contribution in [0.5, 0.6) is 0 Å². The Hall–Kier alpha value is -3.35. The van der Waals surface area contributed by atoms with Crippen molar-refractivity contribution in [2.24, 2.45) is 7.05 Å². The SMILES string of the molecule is C=CC(=O)NCc1cnc(-c2ccc(F)cc2)nc1-c1ccn(C)n1. The quantitative estimate of drug-likeness (QED) is 0.726. The molecular weight excluding hydrogens is 321 g/mol. The summed E-state index contributed by atoms with van der Waals surface area (Å²) < 4.78 is 14.8. The molecule has 0 unspecified atom stereocenters. The molecule has 3 rings (SSSR count). The number of benzene rings is 1. The number of carbonyl (C=O) groups is 1. The van der Waals surface area contributed by atoms with Gasteiger partial charge in [0, 0.05) is 37.1 Å². The molecule has 0 saturated heterocycles. The second-order valence-electron chi connectivity index (χ2n) is 5.37. The Morgan fingerprint density at radius 1 is 1.32 bits per heavy atom. The molecule has 126 valence electrons. The number of nitrogens with one attached hydrogen (secondary N) is 1. The van der Waals surface area contributed by atoms with Gasteiger partial charge >= 0.3 is 0 Å². The van der Waals surface area contributed by atoms with Gasteiger partial charge in [0.2, 0.25) is 5.91 Å². The largest absolute Gasteiger partial charge is 0.348 e. The molecule has 0 aliphatic carbocycles. The van der Waals surface area contributed by atoms with Gasteiger partial charge in [-0.3, -0.25) is 9.48 Å². The summed E-state index contributed by atoms with van der Waals surface area (Å²) in [6, 6.07) is 7.78. The monoisotopic (exact) mass is 337 g/mol. The molecule has 6 nitrogen and oxygen atoms in total. The molecule has 3 aromatic rings. The van der Waals surface area contributed by atoms with E-state index in [1.165, 1.54) is 18.2 Å². The highest BCUT2D eigenvalue weighted by Crippen LogP contribution is 2.23. The predicted molar refractivity (Wildman–Crippen MR) is 91.7 cm³/mol. The zero-order chi connectivity index (χ0) is 17.8. The molecule has 0 spiro atoms. The van der Waals surface area contributed by atoms with Gasteiger partial charge in [-0.05, 0) is 36.4 Å². The molecule has 0 atom stereocenters. The molecule has 7 heteroatoms. The van der Waals surface area contributed by atoms with Gasteiger partial charge in [0.25, 0.3) is 0 Å². The van der Waals surface area contributed by atoms with E-state index in [1.54, 1.807) is 29.2 Å². The number of aromatic nitrogens is 4. The topological polar surface area (TPSA) is 72.7 Å². The number of halogens is 1. The lowest BCUT2D eigenvalue weighted by Gasteiger charge is -2.09. The third kappa shape index (κ3) is 3.77. The van der Waals surface area contributed by atoms with Crippen LogP contribution in [0.25, 0.3) is 22.8 Å². The first kappa shape index (κ1) is 16.5. The first-order valence-corrected chi connectivity index (χ1v) is 7.59. The van der Waals surface area contributed by atoms with Crippen LogP contribution in [0.2, 0.25) is 0 Å². The van der Waals surface area contributed by atoms with Crippen LogP contribution in [0.1, 0.15) is 5.56 Å². The van der Waals surface area contributed by atoms with E-state index in [0.29, 0.717) is 22.8 Å². The standard InChI is InChI=1S/C18H16FN5O/c1-3-16(25)20-10-13-11-21-18(12-4-6-14(19)7-5-12)22-17(13)15-8-9-24(2)23-15/h3-9,11H,1,10H2,2H3,(H,20,25). The Balaban J connectivity index is 2.02. The number of hydrogen-bond donors (Lipinski definition) is 1. The highest BCUT2D eigenvalue weighted by molar-refractivity contribution is 5.86. The van der Waals surface area contributed by atoms with Crippen LogP contribution in [0.15, 0.2) is 55.4 Å². The maximum Gasteiger partial charge on any atom is 0.243 e. The summed E-state index contributed by atoms with van der Waals surface area (Å²) in [4.78, 5) is 20.3. The first-order chi connectivity index (χ1) is 12.1. The van der Waals surface area contributed by atoms with Crippen LogP contribution in [0.4, 0.5) is 4.39 Å². The van der Waals surface area contributed by atoms with Gasteiger partial charge in [-0.25, -0.2) is 14.4 Å². The van der Waals surface area contributed by atoms with Crippen molar-refractivity contribution in [3.05, 3.63) is 66.8 Å². The Kier molecular flexibility index (Phi) is 4.65. The number of carbonyl (C=O) groups excluding carboxylic acids is 1. The fourth-order valence-corrected chi connectivity index (χ4v) is 2.29. The van der Waals surface area contributed by atoms with E-state index in [9.17, 15) is 9.18 Å². The summed E-state index contributed by atoms with van der Waals surface area (Å²) >= 11 is 0. The fraction of sp³-hybridized carbons (Fsp3) is 0.111. The van der Waals surface area contributed by atoms with Crippen molar-refractivity contribution in [1.29, 1.82) is 0 Å². The maximum atomic E-state index is 13.1. The minimum atomic E-state index is -0.322. The molecule has 0 aliphatic rings. The molecule has 0 fully saturated rings. The van der Waals surface area contributed by atoms with Crippen molar-refractivity contribution in [2.75, 3.05) is 0 Å². The third-order valence-electron chi connectivity index (χ3n) is 3.56. The van der Waals surface area contributed by atoms with Crippen LogP contribution in [-0.2, 0) is 18.4 Å². The summed E-state index contributed by atoms with van der Waals surface area (Å²) in [6.45, 7) is 3.68. The number of rotatable bonds is 5. The second kappa shape index (κ2) is 7.04. The molecule has 0 saturated carbocycles. The minimum Gasteiger partial charge on any atom is -0.348 e. The lowest BCUT2D eigenvalue weighted by atomic mass is 10.1. The molecule has 25 heavy (non-hydrogen) atoms. The zero-order valence-corrected chi connectivity index (χ0v) is 13.6. The maximum absolute atomic E-state index is 13.1. The molecule has 0 radical (unpaired) electrons. The van der Waals surface area contributed by atoms with Gasteiger partial charge in [-0.15, -0.1) is 0 Å². The van der Waals surface area contributed by atoms with Crippen molar-refractivity contribution in [2.45, 2.75) is 6.54 Å². The Labute approximate surface area is 144 Å². The number of nitrogens with zero attached hydrogens (tertiary/aromatic N) is 4. The lowest BCUT2D eigenvalue weighted by Crippen LogP contribution is -2.21. The highest BCUT2D eigenvalue weighted by Gasteiger charge is 2.13. The average Bonchev–Trinajstić information content (AvgIpc) is 3.06. The van der Waals surface area contributed by atoms with Crippen molar-refractivity contribution in [3.63, 3.8) is 0 Å². The molecule has 0 aliphatic heterocycles. The van der Waals surface area contributed by atoms with E-state index in [0.717, 1.165) is 5.56 Å². The number of hydrogen-bond acceptors (Lipinski definition) is 4. The second-order valence-corrected chi connectivity index (χ2v) is 5.37. The van der Waals surface area contributed by atoms with Gasteiger partial charge in [0.1, 0.15) is 11.5 Å². The van der Waals surface area contributed by atoms with E-state index >= 15 is 0 Å². The van der Waals surface area contributed by atoms with Crippen LogP contribution in [0.3, 0.4) is 0 Å². The Bertz CT molecular complexity index is 917. The summed E-state index contributed by atoms with van der Waals surface area (Å²) in [5.41, 5.74) is 2.69. The smallest absolute Gasteiger partial charge is 0.243 e. The predicted octanol–water partition coefficient (Wildman–Crippen LogP) is 2.49. The molecule has 2 aromatic heterocycles. The van der Waals surface area contributed by atoms with Crippen molar-refractivity contribution >= 4 is 5.91 Å². The Morgan fingerprint density at radius 2 is 2.08 bits per heavy atom. The molecule has 1 amide bonds. The molecule has 0 bridgehead atoms. The summed E-state index contributed by atoms with van der Waals surface area (Å²) in [7, 11) is 1.81. The van der Waals surface area contributed by atoms with Gasteiger partial charge < -0.3 is 5.32 Å². The van der Waals surface area contributed by atoms with Gasteiger partial charge in [0.15, 0.2) is 5.82 Å². The lowest BCUT2D eigenvalue weighted by molar-refractivity contribution is -0.116. The Morgan fingerprint density at radius 3 is 2.72 bits per heavy atom. The van der Waals surface area contributed by atoms with E-state index in [2.05, 4.69) is 27.0 Å². The summed E-state index contributed by atoms with van der Waals surface area (Å²) in [5.74, 6) is -0.147. The van der Waals surface area contributed by atoms with Crippen LogP contribution in [-0.4, -0.2) is 25.7 Å². The normalized spacial score (nSPS) is 10.5. The molecule has 2 heterocycles. The van der Waals surface area contributed by atoms with Gasteiger partial charge in [-0.2, -0.15) is 5.10 Å². The van der Waals surface area contributed by atoms with Crippen molar-refractivity contribution in [1.82, 2.24) is 25.1 Å². The van der Waals surface area contributed by atoms with Crippen LogP contribution < -0.4 is 5.32 Å². The van der Waals surface area contributed by atoms with E-state index < -0.39 is 0 Å². The number of aryl methyl sites for hydroxylation is 1. The van der Waals surface area contributed by atoms with E-state index in [4.69, 9.17) is 0 Å². The zero-order valence-electron chi connectivity index (χ0n) is 13.6. The first-order valence-electron chi connectivity index (χ1n) is 7.59. The minimum absolute atomic E-state index is 0.250. The van der Waals surface area contributed by atoms with Gasteiger partial charge in [0.05, 0.1) is 5.69 Å². The van der Waals surface area contributed by atoms with Crippen LogP contribution in [0, 0.1) is 5.82 Å². The van der Waals surface area contributed by atoms with E-state index in [1.807, 2.05) is 13.1 Å². The third-order valence-corrected chi connectivity index (χ3v) is 3.56. The van der Waals surface area contributed by atoms with Gasteiger partial charge in [-0.1, -0.05) is 6.58 Å². The molecule has 1 aromatic carbocycles. The van der Waals surface area contributed by atoms with Crippen molar-refractivity contribution in [3.8, 4) is 22.8 Å². The fourth-order valence-electron chi connectivity index (χ4n) is 2.29.